The minimum atomic E-state index is 0. The first-order chi connectivity index (χ1) is 24.7. The number of hydrogen-bond donors (Lipinski definition) is 0. The number of hydrogen-bond acceptors (Lipinski definition) is 8. The Morgan fingerprint density at radius 1 is 0.519 bits per heavy atom. The Bertz CT molecular complexity index is 2460. The molecule has 5 aromatic heterocycles. The van der Waals surface area contributed by atoms with Crippen LogP contribution in [0.1, 0.15) is 0 Å². The van der Waals surface area contributed by atoms with Gasteiger partial charge in [-0.1, -0.05) is 47.4 Å². The fourth-order valence-corrected chi connectivity index (χ4v) is 6.26. The smallest absolute Gasteiger partial charge is 0.503 e. The topological polar surface area (TPSA) is 87.8 Å². The SMILES string of the molecule is [Pt+2].[Pt+2].[c-]1c(Oc2[c-]c3c(cc2)c2ccc(Oc4[c-]c(-c5ccccn5)ccc4)[c-]c2n3-c2ncc(-c3cncs3)cn2)cccc1-c1ccccn1. The molecule has 9 rings (SSSR count). The minimum absolute atomic E-state index is 0. The van der Waals surface area contributed by atoms with Crippen LogP contribution < -0.4 is 9.47 Å². The van der Waals surface area contributed by atoms with E-state index in [1.807, 2.05) is 102 Å². The van der Waals surface area contributed by atoms with E-state index in [1.165, 1.54) is 11.3 Å². The van der Waals surface area contributed by atoms with Gasteiger partial charge in [-0.25, -0.2) is 9.97 Å². The minimum Gasteiger partial charge on any atom is -0.503 e. The van der Waals surface area contributed by atoms with Gasteiger partial charge >= 0.3 is 42.1 Å². The largest absolute Gasteiger partial charge is 2.00 e. The van der Waals surface area contributed by atoms with Crippen molar-refractivity contribution in [3.05, 3.63) is 158 Å². The molecule has 0 radical (unpaired) electrons. The Morgan fingerprint density at radius 3 is 1.54 bits per heavy atom. The first-order valence-corrected chi connectivity index (χ1v) is 16.5. The molecule has 0 saturated carbocycles. The van der Waals surface area contributed by atoms with Crippen LogP contribution >= 0.6 is 11.3 Å². The normalized spacial score (nSPS) is 10.8. The van der Waals surface area contributed by atoms with E-state index in [2.05, 4.69) is 39.2 Å². The monoisotopic (exact) mass is 1050 g/mol. The second-order valence-electron chi connectivity index (χ2n) is 11.1. The van der Waals surface area contributed by atoms with Crippen molar-refractivity contribution in [3.8, 4) is 61.9 Å². The van der Waals surface area contributed by atoms with Crippen molar-refractivity contribution in [1.82, 2.24) is 29.5 Å². The van der Waals surface area contributed by atoms with Crippen molar-refractivity contribution in [2.75, 3.05) is 0 Å². The molecule has 254 valence electrons. The van der Waals surface area contributed by atoms with Gasteiger partial charge in [0.15, 0.2) is 0 Å². The molecule has 0 aliphatic carbocycles. The van der Waals surface area contributed by atoms with Gasteiger partial charge in [-0.3, -0.25) is 4.98 Å². The maximum absolute atomic E-state index is 6.31. The Kier molecular flexibility index (Phi) is 10.5. The summed E-state index contributed by atoms with van der Waals surface area (Å²) in [6.07, 6.45) is 8.91. The second-order valence-corrected chi connectivity index (χ2v) is 12.0. The fourth-order valence-electron chi connectivity index (χ4n) is 5.66. The van der Waals surface area contributed by atoms with Crippen LogP contribution in [0.5, 0.6) is 23.0 Å². The molecule has 0 aliphatic rings. The Balaban J connectivity index is 0.00000210. The quantitative estimate of drug-likeness (QED) is 0.140. The van der Waals surface area contributed by atoms with E-state index in [4.69, 9.17) is 19.4 Å². The Hall–Kier alpha value is -5.33. The summed E-state index contributed by atoms with van der Waals surface area (Å²) in [6.45, 7) is 0. The van der Waals surface area contributed by atoms with Crippen LogP contribution in [0.15, 0.2) is 134 Å². The molecule has 52 heavy (non-hydrogen) atoms. The summed E-state index contributed by atoms with van der Waals surface area (Å²) in [5, 5.41) is 1.86. The maximum atomic E-state index is 6.31. The van der Waals surface area contributed by atoms with E-state index in [0.29, 0.717) is 28.9 Å². The van der Waals surface area contributed by atoms with Crippen molar-refractivity contribution in [2.45, 2.75) is 0 Å². The number of rotatable bonds is 8. The van der Waals surface area contributed by atoms with E-state index in [9.17, 15) is 0 Å². The third-order valence-corrected chi connectivity index (χ3v) is 8.77. The van der Waals surface area contributed by atoms with Gasteiger partial charge in [0.05, 0.1) is 10.4 Å². The van der Waals surface area contributed by atoms with Gasteiger partial charge in [-0.15, -0.1) is 83.1 Å². The molecule has 0 N–H and O–H groups in total. The van der Waals surface area contributed by atoms with Crippen molar-refractivity contribution < 1.29 is 51.6 Å². The zero-order valence-corrected chi connectivity index (χ0v) is 32.1. The van der Waals surface area contributed by atoms with Gasteiger partial charge < -0.3 is 24.0 Å². The predicted octanol–water partition coefficient (Wildman–Crippen LogP) is 9.60. The first kappa shape index (κ1) is 35.1. The fraction of sp³-hybridized carbons (Fsp3) is 0. The average molecular weight is 1050 g/mol. The summed E-state index contributed by atoms with van der Waals surface area (Å²) in [7, 11) is 0. The molecule has 5 heterocycles. The summed E-state index contributed by atoms with van der Waals surface area (Å²) in [5.74, 6) is 2.56. The standard InChI is InChI=1S/C41H22N6O2S.2Pt/c1-3-17-43-36(11-1)27-7-5-9-30(19-27)48-32-13-15-34-35-16-14-33(49-31-10-6-8-28(20-31)37-12-2-4-18-44-37)22-39(35)47(38(34)21-32)41-45-23-29(24-46-41)40-25-42-26-50-40;;/h1-18,23-26H;;/q-4;2*+2. The molecule has 0 unspecified atom stereocenters. The molecule has 0 bridgehead atoms. The maximum Gasteiger partial charge on any atom is 2.00 e. The number of pyridine rings is 2. The van der Waals surface area contributed by atoms with Crippen molar-refractivity contribution in [1.29, 1.82) is 0 Å². The average Bonchev–Trinajstić information content (AvgIpc) is 3.83. The van der Waals surface area contributed by atoms with Crippen LogP contribution in [0, 0.1) is 24.3 Å². The van der Waals surface area contributed by atoms with Crippen LogP contribution in [0.3, 0.4) is 0 Å². The zero-order valence-electron chi connectivity index (χ0n) is 26.7. The third kappa shape index (κ3) is 7.08. The van der Waals surface area contributed by atoms with Crippen LogP contribution in [-0.2, 0) is 42.1 Å². The second kappa shape index (κ2) is 15.5. The Labute approximate surface area is 331 Å². The molecule has 0 fully saturated rings. The van der Waals surface area contributed by atoms with Gasteiger partial charge in [0.25, 0.3) is 0 Å². The molecule has 11 heteroatoms. The number of nitrogens with zero attached hydrogens (tertiary/aromatic N) is 6. The number of aromatic nitrogens is 6. The van der Waals surface area contributed by atoms with Gasteiger partial charge in [0, 0.05) is 59.5 Å². The van der Waals surface area contributed by atoms with Crippen molar-refractivity contribution >= 4 is 33.1 Å². The molecule has 0 aliphatic heterocycles. The molecule has 0 spiro atoms. The molecule has 0 saturated heterocycles. The van der Waals surface area contributed by atoms with E-state index < -0.39 is 0 Å². The van der Waals surface area contributed by atoms with E-state index in [1.54, 1.807) is 36.5 Å². The van der Waals surface area contributed by atoms with Gasteiger partial charge in [0.2, 0.25) is 5.95 Å². The van der Waals surface area contributed by atoms with Crippen molar-refractivity contribution in [3.63, 3.8) is 0 Å². The third-order valence-electron chi connectivity index (χ3n) is 7.95. The molecular formula is C41H22N6O2Pt2S. The Morgan fingerprint density at radius 2 is 1.06 bits per heavy atom. The van der Waals surface area contributed by atoms with Gasteiger partial charge in [-0.2, -0.15) is 22.9 Å². The van der Waals surface area contributed by atoms with Crippen LogP contribution in [0.4, 0.5) is 0 Å². The number of thiazole rings is 1. The summed E-state index contributed by atoms with van der Waals surface area (Å²) in [4.78, 5) is 23.6. The van der Waals surface area contributed by atoms with Crippen LogP contribution in [-0.4, -0.2) is 29.5 Å². The molecule has 4 aromatic carbocycles. The van der Waals surface area contributed by atoms with E-state index in [0.717, 1.165) is 54.8 Å². The van der Waals surface area contributed by atoms with E-state index in [-0.39, 0.29) is 42.1 Å². The molecule has 0 atom stereocenters. The van der Waals surface area contributed by atoms with E-state index >= 15 is 0 Å². The van der Waals surface area contributed by atoms with Gasteiger partial charge in [0.1, 0.15) is 0 Å². The molecule has 0 amide bonds. The van der Waals surface area contributed by atoms with Crippen LogP contribution in [0.2, 0.25) is 0 Å². The van der Waals surface area contributed by atoms with Crippen LogP contribution in [0.25, 0.3) is 60.7 Å². The van der Waals surface area contributed by atoms with Gasteiger partial charge in [-0.05, 0) is 23.5 Å². The predicted molar refractivity (Wildman–Crippen MR) is 192 cm³/mol. The molecule has 9 aromatic rings. The number of ether oxygens (including phenoxy) is 2. The summed E-state index contributed by atoms with van der Waals surface area (Å²) in [6, 6.07) is 44.4. The number of fused-ring (bicyclic) bond motifs is 3. The van der Waals surface area contributed by atoms with Crippen molar-refractivity contribution in [2.24, 2.45) is 0 Å². The molecular weight excluding hydrogens is 1030 g/mol. The zero-order chi connectivity index (χ0) is 33.3. The summed E-state index contributed by atoms with van der Waals surface area (Å²) in [5.41, 5.74) is 7.40. The first-order valence-electron chi connectivity index (χ1n) is 15.6. The molecule has 8 nitrogen and oxygen atoms in total. The summed E-state index contributed by atoms with van der Waals surface area (Å²) < 4.78 is 14.5. The summed E-state index contributed by atoms with van der Waals surface area (Å²) >= 11 is 1.53. The number of benzene rings is 4.